The monoisotopic (exact) mass is 276 g/mol. The van der Waals surface area contributed by atoms with Gasteiger partial charge in [0.15, 0.2) is 0 Å². The van der Waals surface area contributed by atoms with Gasteiger partial charge >= 0.3 is 4.87 Å². The van der Waals surface area contributed by atoms with Gasteiger partial charge in [0.05, 0.1) is 0 Å². The summed E-state index contributed by atoms with van der Waals surface area (Å²) in [4.78, 5) is 23.3. The summed E-state index contributed by atoms with van der Waals surface area (Å²) in [5.41, 5.74) is 2.83. The summed E-state index contributed by atoms with van der Waals surface area (Å²) in [6.45, 7) is 4.29. The summed E-state index contributed by atoms with van der Waals surface area (Å²) in [5.74, 6) is -0.0821. The molecule has 1 heterocycles. The molecule has 0 atom stereocenters. The van der Waals surface area contributed by atoms with Gasteiger partial charge in [0, 0.05) is 29.7 Å². The van der Waals surface area contributed by atoms with E-state index in [9.17, 15) is 9.59 Å². The first-order chi connectivity index (χ1) is 9.06. The normalized spacial score (nSPS) is 10.4. The van der Waals surface area contributed by atoms with Crippen LogP contribution in [0.15, 0.2) is 34.4 Å². The molecular formula is C14H16N2O2S. The van der Waals surface area contributed by atoms with E-state index in [0.29, 0.717) is 13.0 Å². The topological polar surface area (TPSA) is 51.1 Å². The van der Waals surface area contributed by atoms with Gasteiger partial charge < -0.3 is 9.88 Å². The van der Waals surface area contributed by atoms with Gasteiger partial charge in [-0.1, -0.05) is 29.0 Å². The number of hydrogen-bond donors (Lipinski definition) is 1. The summed E-state index contributed by atoms with van der Waals surface area (Å²) >= 11 is 1.16. The number of amides is 1. The maximum atomic E-state index is 11.8. The maximum absolute atomic E-state index is 11.8. The summed E-state index contributed by atoms with van der Waals surface area (Å²) in [7, 11) is 0. The van der Waals surface area contributed by atoms with Crippen molar-refractivity contribution in [3.63, 3.8) is 0 Å². The molecule has 0 fully saturated rings. The third-order valence-corrected chi connectivity index (χ3v) is 3.76. The molecule has 2 aromatic rings. The number of thiazole rings is 1. The second kappa shape index (κ2) is 5.84. The molecule has 0 bridgehead atoms. The number of anilines is 1. The van der Waals surface area contributed by atoms with Crippen LogP contribution in [0.1, 0.15) is 17.7 Å². The zero-order chi connectivity index (χ0) is 13.8. The van der Waals surface area contributed by atoms with Gasteiger partial charge in [0.1, 0.15) is 0 Å². The molecule has 1 amide bonds. The van der Waals surface area contributed by atoms with Crippen LogP contribution in [0, 0.1) is 13.8 Å². The third-order valence-electron chi connectivity index (χ3n) is 2.87. The van der Waals surface area contributed by atoms with Crippen LogP contribution in [0.25, 0.3) is 0 Å². The largest absolute Gasteiger partial charge is 0.326 e. The Bertz CT molecular complexity index is 626. The Morgan fingerprint density at radius 3 is 2.53 bits per heavy atom. The Balaban J connectivity index is 1.92. The first-order valence-electron chi connectivity index (χ1n) is 6.08. The average molecular weight is 276 g/mol. The quantitative estimate of drug-likeness (QED) is 0.933. The molecule has 1 aromatic heterocycles. The number of hydrogen-bond acceptors (Lipinski definition) is 3. The van der Waals surface area contributed by atoms with E-state index in [0.717, 1.165) is 28.3 Å². The highest BCUT2D eigenvalue weighted by atomic mass is 32.1. The zero-order valence-corrected chi connectivity index (χ0v) is 11.8. The second-order valence-corrected chi connectivity index (χ2v) is 5.28. The number of carbonyl (C=O) groups excluding carboxylic acids is 1. The lowest BCUT2D eigenvalue weighted by molar-refractivity contribution is -0.116. The first kappa shape index (κ1) is 13.5. The summed E-state index contributed by atoms with van der Waals surface area (Å²) in [6, 6.07) is 7.64. The summed E-state index contributed by atoms with van der Waals surface area (Å²) in [5, 5.41) is 4.63. The van der Waals surface area contributed by atoms with E-state index in [-0.39, 0.29) is 10.8 Å². The van der Waals surface area contributed by atoms with Crippen LogP contribution in [-0.4, -0.2) is 10.5 Å². The van der Waals surface area contributed by atoms with Crippen LogP contribution in [0.3, 0.4) is 0 Å². The molecule has 2 rings (SSSR count). The van der Waals surface area contributed by atoms with Crippen LogP contribution in [-0.2, 0) is 11.3 Å². The van der Waals surface area contributed by atoms with Crippen molar-refractivity contribution >= 4 is 22.9 Å². The van der Waals surface area contributed by atoms with Gasteiger partial charge in [0.25, 0.3) is 0 Å². The lowest BCUT2D eigenvalue weighted by Crippen LogP contribution is -2.20. The Morgan fingerprint density at radius 2 is 1.95 bits per heavy atom. The molecule has 0 spiro atoms. The lowest BCUT2D eigenvalue weighted by atomic mass is 10.2. The van der Waals surface area contributed by atoms with Crippen LogP contribution < -0.4 is 10.2 Å². The highest BCUT2D eigenvalue weighted by molar-refractivity contribution is 7.07. The van der Waals surface area contributed by atoms with Crippen LogP contribution in [0.4, 0.5) is 5.69 Å². The minimum atomic E-state index is -0.0821. The Labute approximate surface area is 115 Å². The molecule has 0 saturated carbocycles. The SMILES string of the molecule is Cc1ccc(NC(=O)CCn2c(C)csc2=O)cc1. The highest BCUT2D eigenvalue weighted by Crippen LogP contribution is 2.09. The van der Waals surface area contributed by atoms with Crippen molar-refractivity contribution < 1.29 is 4.79 Å². The van der Waals surface area contributed by atoms with Gasteiger partial charge in [-0.3, -0.25) is 9.59 Å². The van der Waals surface area contributed by atoms with E-state index < -0.39 is 0 Å². The van der Waals surface area contributed by atoms with Gasteiger partial charge in [-0.05, 0) is 26.0 Å². The Hall–Kier alpha value is -1.88. The van der Waals surface area contributed by atoms with Crippen molar-refractivity contribution in [2.24, 2.45) is 0 Å². The standard InChI is InChI=1S/C14H16N2O2S/c1-10-3-5-12(6-4-10)15-13(17)7-8-16-11(2)9-19-14(16)18/h3-6,9H,7-8H2,1-2H3,(H,15,17). The molecular weight excluding hydrogens is 260 g/mol. The van der Waals surface area contributed by atoms with Crippen LogP contribution in [0.2, 0.25) is 0 Å². The minimum absolute atomic E-state index is 0.0133. The van der Waals surface area contributed by atoms with E-state index in [4.69, 9.17) is 0 Å². The summed E-state index contributed by atoms with van der Waals surface area (Å²) in [6.07, 6.45) is 0.297. The molecule has 1 N–H and O–H groups in total. The minimum Gasteiger partial charge on any atom is -0.326 e. The molecule has 0 aliphatic carbocycles. The zero-order valence-electron chi connectivity index (χ0n) is 11.0. The molecule has 0 unspecified atom stereocenters. The summed E-state index contributed by atoms with van der Waals surface area (Å²) < 4.78 is 1.62. The fourth-order valence-electron chi connectivity index (χ4n) is 1.75. The van der Waals surface area contributed by atoms with E-state index in [1.165, 1.54) is 0 Å². The van der Waals surface area contributed by atoms with E-state index >= 15 is 0 Å². The highest BCUT2D eigenvalue weighted by Gasteiger charge is 2.06. The smallest absolute Gasteiger partial charge is 0.307 e. The van der Waals surface area contributed by atoms with Crippen LogP contribution in [0.5, 0.6) is 0 Å². The Morgan fingerprint density at radius 1 is 1.26 bits per heavy atom. The molecule has 0 aliphatic rings. The number of aromatic nitrogens is 1. The van der Waals surface area contributed by atoms with E-state index in [1.54, 1.807) is 9.95 Å². The predicted molar refractivity (Wildman–Crippen MR) is 77.7 cm³/mol. The van der Waals surface area contributed by atoms with E-state index in [2.05, 4.69) is 5.32 Å². The molecule has 4 nitrogen and oxygen atoms in total. The van der Waals surface area contributed by atoms with Gasteiger partial charge in [0.2, 0.25) is 5.91 Å². The number of rotatable bonds is 4. The van der Waals surface area contributed by atoms with E-state index in [1.807, 2.05) is 38.1 Å². The van der Waals surface area contributed by atoms with Crippen molar-refractivity contribution in [3.8, 4) is 0 Å². The third kappa shape index (κ3) is 3.54. The van der Waals surface area contributed by atoms with Crippen molar-refractivity contribution in [2.45, 2.75) is 26.8 Å². The number of carbonyl (C=O) groups is 1. The maximum Gasteiger partial charge on any atom is 0.307 e. The van der Waals surface area contributed by atoms with Gasteiger partial charge in [-0.15, -0.1) is 0 Å². The predicted octanol–water partition coefficient (Wildman–Crippen LogP) is 2.56. The second-order valence-electron chi connectivity index (χ2n) is 4.46. The van der Waals surface area contributed by atoms with Crippen molar-refractivity contribution in [1.82, 2.24) is 4.57 Å². The van der Waals surface area contributed by atoms with Crippen LogP contribution >= 0.6 is 11.3 Å². The number of nitrogens with zero attached hydrogens (tertiary/aromatic N) is 1. The van der Waals surface area contributed by atoms with Gasteiger partial charge in [-0.25, -0.2) is 0 Å². The van der Waals surface area contributed by atoms with Crippen molar-refractivity contribution in [3.05, 3.63) is 50.6 Å². The molecule has 0 aliphatic heterocycles. The van der Waals surface area contributed by atoms with Gasteiger partial charge in [-0.2, -0.15) is 0 Å². The molecule has 1 aromatic carbocycles. The fourth-order valence-corrected chi connectivity index (χ4v) is 2.51. The lowest BCUT2D eigenvalue weighted by Gasteiger charge is -2.06. The number of nitrogens with one attached hydrogen (secondary N) is 1. The molecule has 19 heavy (non-hydrogen) atoms. The number of aryl methyl sites for hydroxylation is 2. The Kier molecular flexibility index (Phi) is 4.16. The molecule has 5 heteroatoms. The molecule has 0 radical (unpaired) electrons. The first-order valence-corrected chi connectivity index (χ1v) is 6.95. The fraction of sp³-hybridized carbons (Fsp3) is 0.286. The number of benzene rings is 1. The van der Waals surface area contributed by atoms with Crippen molar-refractivity contribution in [2.75, 3.05) is 5.32 Å². The molecule has 100 valence electrons. The molecule has 0 saturated heterocycles. The van der Waals surface area contributed by atoms with Crippen molar-refractivity contribution in [1.29, 1.82) is 0 Å². The average Bonchev–Trinajstić information content (AvgIpc) is 2.70.